The summed E-state index contributed by atoms with van der Waals surface area (Å²) < 4.78 is 24.3. The van der Waals surface area contributed by atoms with Crippen LogP contribution >= 0.6 is 23.1 Å². The summed E-state index contributed by atoms with van der Waals surface area (Å²) in [6.45, 7) is 2.54. The molecule has 2 heterocycles. The fourth-order valence-electron chi connectivity index (χ4n) is 2.68. The zero-order chi connectivity index (χ0) is 20.2. The van der Waals surface area contributed by atoms with Gasteiger partial charge in [0.15, 0.2) is 10.9 Å². The Morgan fingerprint density at radius 1 is 1.24 bits per heavy atom. The molecule has 0 aliphatic heterocycles. The highest BCUT2D eigenvalue weighted by Gasteiger charge is 2.13. The second-order valence-corrected chi connectivity index (χ2v) is 7.98. The number of nitrogens with one attached hydrogen (secondary N) is 1. The first-order valence-corrected chi connectivity index (χ1v) is 10.8. The maximum absolute atomic E-state index is 12.9. The third kappa shape index (κ3) is 4.78. The van der Waals surface area contributed by atoms with Crippen molar-refractivity contribution in [2.45, 2.75) is 11.8 Å². The molecule has 0 aliphatic rings. The Hall–Kier alpha value is -2.84. The van der Waals surface area contributed by atoms with Gasteiger partial charge in [0.1, 0.15) is 22.8 Å². The molecule has 2 aromatic carbocycles. The van der Waals surface area contributed by atoms with Crippen LogP contribution < -0.4 is 10.1 Å². The number of thiazole rings is 1. The monoisotopic (exact) mass is 428 g/mol. The Morgan fingerprint density at radius 3 is 2.86 bits per heavy atom. The van der Waals surface area contributed by atoms with Gasteiger partial charge < -0.3 is 14.5 Å². The zero-order valence-electron chi connectivity index (χ0n) is 15.5. The summed E-state index contributed by atoms with van der Waals surface area (Å²) in [7, 11) is 0. The van der Waals surface area contributed by atoms with Crippen molar-refractivity contribution in [3.05, 3.63) is 59.7 Å². The highest BCUT2D eigenvalue weighted by Crippen LogP contribution is 2.32. The number of aromatic nitrogens is 1. The molecule has 1 N–H and O–H groups in total. The van der Waals surface area contributed by atoms with E-state index < -0.39 is 0 Å². The normalized spacial score (nSPS) is 11.0. The van der Waals surface area contributed by atoms with E-state index >= 15 is 0 Å². The molecular weight excluding hydrogens is 411 g/mol. The van der Waals surface area contributed by atoms with Crippen molar-refractivity contribution in [1.29, 1.82) is 0 Å². The van der Waals surface area contributed by atoms with Crippen LogP contribution in [0.4, 0.5) is 9.52 Å². The molecule has 1 amide bonds. The lowest BCUT2D eigenvalue weighted by atomic mass is 10.2. The molecule has 0 bridgehead atoms. The number of furan rings is 1. The third-order valence-electron chi connectivity index (χ3n) is 3.99. The molecule has 5 nitrogen and oxygen atoms in total. The van der Waals surface area contributed by atoms with Gasteiger partial charge in [0.25, 0.3) is 0 Å². The van der Waals surface area contributed by atoms with E-state index in [2.05, 4.69) is 10.3 Å². The minimum absolute atomic E-state index is 0.175. The average molecular weight is 429 g/mol. The maximum Gasteiger partial charge on any atom is 0.236 e. The number of rotatable bonds is 7. The predicted molar refractivity (Wildman–Crippen MR) is 114 cm³/mol. The molecule has 4 rings (SSSR count). The minimum atomic E-state index is -0.297. The van der Waals surface area contributed by atoms with Crippen molar-refractivity contribution >= 4 is 45.1 Å². The number of anilines is 1. The summed E-state index contributed by atoms with van der Waals surface area (Å²) in [5.74, 6) is 1.16. The van der Waals surface area contributed by atoms with E-state index in [0.29, 0.717) is 23.2 Å². The topological polar surface area (TPSA) is 64.4 Å². The number of fused-ring (bicyclic) bond motifs is 1. The molecular formula is C21H17FN2O3S2. The molecule has 2 aromatic heterocycles. The van der Waals surface area contributed by atoms with Crippen molar-refractivity contribution in [3.8, 4) is 17.2 Å². The SMILES string of the molecule is CCOc1ccc2oc(-c3csc(NC(=O)CSc4ccc(F)cc4)n3)cc2c1. The number of ether oxygens (including phenoxy) is 1. The van der Waals surface area contributed by atoms with Crippen LogP contribution in [-0.4, -0.2) is 23.3 Å². The highest BCUT2D eigenvalue weighted by atomic mass is 32.2. The molecule has 0 aliphatic carbocycles. The molecule has 4 aromatic rings. The van der Waals surface area contributed by atoms with Crippen LogP contribution in [-0.2, 0) is 4.79 Å². The van der Waals surface area contributed by atoms with Crippen LogP contribution in [0.15, 0.2) is 63.2 Å². The number of halogens is 1. The Balaban J connectivity index is 1.40. The van der Waals surface area contributed by atoms with Gasteiger partial charge in [-0.3, -0.25) is 4.79 Å². The number of hydrogen-bond acceptors (Lipinski definition) is 6. The summed E-state index contributed by atoms with van der Waals surface area (Å²) in [4.78, 5) is 17.4. The van der Waals surface area contributed by atoms with Crippen molar-refractivity contribution in [3.63, 3.8) is 0 Å². The maximum atomic E-state index is 12.9. The summed E-state index contributed by atoms with van der Waals surface area (Å²) >= 11 is 2.67. The smallest absolute Gasteiger partial charge is 0.236 e. The fraction of sp³-hybridized carbons (Fsp3) is 0.143. The molecule has 29 heavy (non-hydrogen) atoms. The fourth-order valence-corrected chi connectivity index (χ4v) is 4.10. The van der Waals surface area contributed by atoms with E-state index in [9.17, 15) is 9.18 Å². The van der Waals surface area contributed by atoms with Gasteiger partial charge in [-0.2, -0.15) is 0 Å². The third-order valence-corrected chi connectivity index (χ3v) is 5.76. The van der Waals surface area contributed by atoms with E-state index in [1.165, 1.54) is 35.2 Å². The summed E-state index contributed by atoms with van der Waals surface area (Å²) in [5.41, 5.74) is 1.41. The van der Waals surface area contributed by atoms with Gasteiger partial charge in [0, 0.05) is 15.7 Å². The molecule has 0 saturated carbocycles. The molecule has 0 unspecified atom stereocenters. The van der Waals surface area contributed by atoms with Crippen LogP contribution in [0.3, 0.4) is 0 Å². The van der Waals surface area contributed by atoms with Crippen LogP contribution in [0.25, 0.3) is 22.4 Å². The zero-order valence-corrected chi connectivity index (χ0v) is 17.1. The van der Waals surface area contributed by atoms with Gasteiger partial charge in [-0.15, -0.1) is 23.1 Å². The number of hydrogen-bond donors (Lipinski definition) is 1. The van der Waals surface area contributed by atoms with Crippen LogP contribution in [0, 0.1) is 5.82 Å². The van der Waals surface area contributed by atoms with Gasteiger partial charge in [-0.05, 0) is 55.5 Å². The number of carbonyl (C=O) groups is 1. The number of carbonyl (C=O) groups excluding carboxylic acids is 1. The molecule has 8 heteroatoms. The van der Waals surface area contributed by atoms with E-state index in [1.54, 1.807) is 12.1 Å². The van der Waals surface area contributed by atoms with Crippen molar-refractivity contribution in [2.75, 3.05) is 17.7 Å². The molecule has 0 radical (unpaired) electrons. The minimum Gasteiger partial charge on any atom is -0.494 e. The Morgan fingerprint density at radius 2 is 2.07 bits per heavy atom. The van der Waals surface area contributed by atoms with E-state index in [4.69, 9.17) is 9.15 Å². The van der Waals surface area contributed by atoms with Gasteiger partial charge >= 0.3 is 0 Å². The average Bonchev–Trinajstić information content (AvgIpc) is 3.34. The largest absolute Gasteiger partial charge is 0.494 e. The standard InChI is InChI=1S/C21H17FN2O3S2/c1-2-26-15-5-8-18-13(9-15)10-19(27-18)17-11-29-21(23-17)24-20(25)12-28-16-6-3-14(22)4-7-16/h3-11H,2,12H2,1H3,(H,23,24,25). The molecule has 0 spiro atoms. The van der Waals surface area contributed by atoms with Crippen molar-refractivity contribution in [1.82, 2.24) is 4.98 Å². The number of benzene rings is 2. The summed E-state index contributed by atoms with van der Waals surface area (Å²) in [6, 6.07) is 13.6. The van der Waals surface area contributed by atoms with Gasteiger partial charge in [-0.25, -0.2) is 9.37 Å². The Bertz CT molecular complexity index is 1140. The van der Waals surface area contributed by atoms with E-state index in [0.717, 1.165) is 21.6 Å². The number of amides is 1. The van der Waals surface area contributed by atoms with Crippen molar-refractivity contribution < 1.29 is 18.3 Å². The molecule has 0 fully saturated rings. The van der Waals surface area contributed by atoms with Crippen LogP contribution in [0.1, 0.15) is 6.92 Å². The quantitative estimate of drug-likeness (QED) is 0.376. The predicted octanol–water partition coefficient (Wildman–Crippen LogP) is 5.82. The first-order chi connectivity index (χ1) is 14.1. The lowest BCUT2D eigenvalue weighted by Crippen LogP contribution is -2.13. The molecule has 148 valence electrons. The lowest BCUT2D eigenvalue weighted by molar-refractivity contribution is -0.113. The Kier molecular flexibility index (Phi) is 5.82. The second-order valence-electron chi connectivity index (χ2n) is 6.07. The van der Waals surface area contributed by atoms with Crippen LogP contribution in [0.5, 0.6) is 5.75 Å². The summed E-state index contributed by atoms with van der Waals surface area (Å²) in [5, 5.41) is 6.05. The van der Waals surface area contributed by atoms with E-state index in [-0.39, 0.29) is 17.5 Å². The van der Waals surface area contributed by atoms with Gasteiger partial charge in [0.2, 0.25) is 5.91 Å². The number of nitrogens with zero attached hydrogens (tertiary/aromatic N) is 1. The van der Waals surface area contributed by atoms with Gasteiger partial charge in [0.05, 0.1) is 12.4 Å². The van der Waals surface area contributed by atoms with Crippen molar-refractivity contribution in [2.24, 2.45) is 0 Å². The van der Waals surface area contributed by atoms with Crippen LogP contribution in [0.2, 0.25) is 0 Å². The van der Waals surface area contributed by atoms with E-state index in [1.807, 2.05) is 36.6 Å². The number of thioether (sulfide) groups is 1. The highest BCUT2D eigenvalue weighted by molar-refractivity contribution is 8.00. The van der Waals surface area contributed by atoms with Gasteiger partial charge in [-0.1, -0.05) is 0 Å². The second kappa shape index (κ2) is 8.67. The Labute approximate surface area is 174 Å². The first kappa shape index (κ1) is 19.5. The first-order valence-electron chi connectivity index (χ1n) is 8.91. The summed E-state index contributed by atoms with van der Waals surface area (Å²) in [6.07, 6.45) is 0. The molecule has 0 atom stereocenters. The molecule has 0 saturated heterocycles. The lowest BCUT2D eigenvalue weighted by Gasteiger charge is -2.02.